The Hall–Kier alpha value is -1.39. The number of anilines is 1. The van der Waals surface area contributed by atoms with Crippen LogP contribution in [-0.2, 0) is 13.0 Å². The lowest BCUT2D eigenvalue weighted by Crippen LogP contribution is -2.19. The standard InChI is InChI=1S/C16H18BrFN2/c1-20(11-12-2-6-15(18)7-3-12)16-10-14(17)5-4-13(16)8-9-19/h2-7,10H,8-9,11,19H2,1H3. The van der Waals surface area contributed by atoms with Gasteiger partial charge in [0.1, 0.15) is 5.82 Å². The van der Waals surface area contributed by atoms with Crippen LogP contribution in [0, 0.1) is 5.82 Å². The van der Waals surface area contributed by atoms with Gasteiger partial charge in [0.25, 0.3) is 0 Å². The highest BCUT2D eigenvalue weighted by Crippen LogP contribution is 2.26. The van der Waals surface area contributed by atoms with E-state index in [1.807, 2.05) is 25.2 Å². The quantitative estimate of drug-likeness (QED) is 0.901. The molecule has 2 nitrogen and oxygen atoms in total. The second kappa shape index (κ2) is 6.86. The van der Waals surface area contributed by atoms with Crippen LogP contribution in [0.4, 0.5) is 10.1 Å². The first-order valence-electron chi connectivity index (χ1n) is 6.54. The zero-order valence-corrected chi connectivity index (χ0v) is 13.0. The highest BCUT2D eigenvalue weighted by Gasteiger charge is 2.08. The van der Waals surface area contributed by atoms with E-state index in [0.717, 1.165) is 28.7 Å². The largest absolute Gasteiger partial charge is 0.370 e. The molecule has 0 radical (unpaired) electrons. The molecule has 0 saturated heterocycles. The lowest BCUT2D eigenvalue weighted by atomic mass is 10.1. The maximum absolute atomic E-state index is 12.9. The van der Waals surface area contributed by atoms with E-state index < -0.39 is 0 Å². The van der Waals surface area contributed by atoms with Crippen molar-refractivity contribution < 1.29 is 4.39 Å². The molecule has 0 aliphatic carbocycles. The van der Waals surface area contributed by atoms with Gasteiger partial charge >= 0.3 is 0 Å². The molecule has 0 unspecified atom stereocenters. The van der Waals surface area contributed by atoms with Gasteiger partial charge in [0.2, 0.25) is 0 Å². The van der Waals surface area contributed by atoms with Crippen LogP contribution in [0.3, 0.4) is 0 Å². The summed E-state index contributed by atoms with van der Waals surface area (Å²) in [7, 11) is 2.03. The number of nitrogens with zero attached hydrogens (tertiary/aromatic N) is 1. The van der Waals surface area contributed by atoms with Crippen LogP contribution in [0.1, 0.15) is 11.1 Å². The van der Waals surface area contributed by atoms with Crippen molar-refractivity contribution in [3.05, 3.63) is 63.9 Å². The fourth-order valence-corrected chi connectivity index (χ4v) is 2.56. The molecular weight excluding hydrogens is 319 g/mol. The second-order valence-corrected chi connectivity index (χ2v) is 5.71. The summed E-state index contributed by atoms with van der Waals surface area (Å²) in [4.78, 5) is 2.16. The summed E-state index contributed by atoms with van der Waals surface area (Å²) in [5.41, 5.74) is 9.11. The summed E-state index contributed by atoms with van der Waals surface area (Å²) in [5, 5.41) is 0. The predicted molar refractivity (Wildman–Crippen MR) is 85.4 cm³/mol. The van der Waals surface area contributed by atoms with Crippen molar-refractivity contribution in [1.29, 1.82) is 0 Å². The Morgan fingerprint density at radius 1 is 1.15 bits per heavy atom. The number of benzene rings is 2. The van der Waals surface area contributed by atoms with Crippen LogP contribution >= 0.6 is 15.9 Å². The van der Waals surface area contributed by atoms with Crippen molar-refractivity contribution in [1.82, 2.24) is 0 Å². The van der Waals surface area contributed by atoms with E-state index in [1.54, 1.807) is 0 Å². The molecule has 0 atom stereocenters. The van der Waals surface area contributed by atoms with E-state index in [9.17, 15) is 4.39 Å². The minimum Gasteiger partial charge on any atom is -0.370 e. The fourth-order valence-electron chi connectivity index (χ4n) is 2.21. The average Bonchev–Trinajstić information content (AvgIpc) is 2.43. The monoisotopic (exact) mass is 336 g/mol. The molecule has 2 aromatic carbocycles. The van der Waals surface area contributed by atoms with Gasteiger partial charge in [0.15, 0.2) is 0 Å². The Bertz CT molecular complexity index is 569. The van der Waals surface area contributed by atoms with Gasteiger partial charge in [-0.25, -0.2) is 4.39 Å². The first kappa shape index (κ1) is 15.0. The minimum absolute atomic E-state index is 0.206. The van der Waals surface area contributed by atoms with Crippen LogP contribution in [-0.4, -0.2) is 13.6 Å². The number of halogens is 2. The van der Waals surface area contributed by atoms with E-state index in [2.05, 4.69) is 33.0 Å². The topological polar surface area (TPSA) is 29.3 Å². The molecule has 20 heavy (non-hydrogen) atoms. The molecule has 0 aliphatic rings. The molecule has 2 N–H and O–H groups in total. The molecule has 0 aliphatic heterocycles. The lowest BCUT2D eigenvalue weighted by Gasteiger charge is -2.23. The molecule has 0 saturated carbocycles. The van der Waals surface area contributed by atoms with Crippen molar-refractivity contribution in [2.24, 2.45) is 5.73 Å². The number of nitrogens with two attached hydrogens (primary N) is 1. The summed E-state index contributed by atoms with van der Waals surface area (Å²) >= 11 is 3.50. The molecule has 2 rings (SSSR count). The Kier molecular flexibility index (Phi) is 5.15. The molecule has 0 amide bonds. The van der Waals surface area contributed by atoms with E-state index in [4.69, 9.17) is 5.73 Å². The van der Waals surface area contributed by atoms with E-state index in [0.29, 0.717) is 6.54 Å². The van der Waals surface area contributed by atoms with E-state index in [1.165, 1.54) is 17.7 Å². The Balaban J connectivity index is 2.21. The predicted octanol–water partition coefficient (Wildman–Crippen LogP) is 3.73. The Labute approximate surface area is 127 Å². The lowest BCUT2D eigenvalue weighted by molar-refractivity contribution is 0.627. The molecule has 0 heterocycles. The third kappa shape index (κ3) is 3.81. The maximum atomic E-state index is 12.9. The first-order chi connectivity index (χ1) is 9.60. The fraction of sp³-hybridized carbons (Fsp3) is 0.250. The number of rotatable bonds is 5. The molecule has 0 spiro atoms. The molecular formula is C16H18BrFN2. The maximum Gasteiger partial charge on any atom is 0.123 e. The molecule has 2 aromatic rings. The SMILES string of the molecule is CN(Cc1ccc(F)cc1)c1cc(Br)ccc1CCN. The molecule has 0 aromatic heterocycles. The highest BCUT2D eigenvalue weighted by molar-refractivity contribution is 9.10. The van der Waals surface area contributed by atoms with Gasteiger partial charge in [0.05, 0.1) is 0 Å². The van der Waals surface area contributed by atoms with E-state index in [-0.39, 0.29) is 5.82 Å². The zero-order chi connectivity index (χ0) is 14.5. The van der Waals surface area contributed by atoms with Crippen LogP contribution in [0.25, 0.3) is 0 Å². The second-order valence-electron chi connectivity index (χ2n) is 4.79. The van der Waals surface area contributed by atoms with Crippen LogP contribution < -0.4 is 10.6 Å². The van der Waals surface area contributed by atoms with Crippen LogP contribution in [0.2, 0.25) is 0 Å². The smallest absolute Gasteiger partial charge is 0.123 e. The van der Waals surface area contributed by atoms with Crippen molar-refractivity contribution in [2.45, 2.75) is 13.0 Å². The summed E-state index contributed by atoms with van der Waals surface area (Å²) in [6.45, 7) is 1.35. The summed E-state index contributed by atoms with van der Waals surface area (Å²) in [5.74, 6) is -0.206. The molecule has 106 valence electrons. The minimum atomic E-state index is -0.206. The Morgan fingerprint density at radius 2 is 1.85 bits per heavy atom. The highest BCUT2D eigenvalue weighted by atomic mass is 79.9. The Morgan fingerprint density at radius 3 is 2.50 bits per heavy atom. The van der Waals surface area contributed by atoms with Crippen molar-refractivity contribution >= 4 is 21.6 Å². The van der Waals surface area contributed by atoms with Gasteiger partial charge < -0.3 is 10.6 Å². The normalized spacial score (nSPS) is 10.6. The van der Waals surface area contributed by atoms with Gasteiger partial charge in [0, 0.05) is 23.8 Å². The van der Waals surface area contributed by atoms with Crippen molar-refractivity contribution in [2.75, 3.05) is 18.5 Å². The summed E-state index contributed by atoms with van der Waals surface area (Å²) in [6.07, 6.45) is 0.844. The van der Waals surface area contributed by atoms with Gasteiger partial charge in [-0.3, -0.25) is 0 Å². The van der Waals surface area contributed by atoms with Gasteiger partial charge in [-0.05, 0) is 48.4 Å². The van der Waals surface area contributed by atoms with Gasteiger partial charge in [-0.1, -0.05) is 34.1 Å². The zero-order valence-electron chi connectivity index (χ0n) is 11.4. The average molecular weight is 337 g/mol. The van der Waals surface area contributed by atoms with Crippen LogP contribution in [0.5, 0.6) is 0 Å². The first-order valence-corrected chi connectivity index (χ1v) is 7.33. The molecule has 0 bridgehead atoms. The van der Waals surface area contributed by atoms with Crippen molar-refractivity contribution in [3.8, 4) is 0 Å². The third-order valence-corrected chi connectivity index (χ3v) is 3.70. The van der Waals surface area contributed by atoms with Crippen LogP contribution in [0.15, 0.2) is 46.9 Å². The number of hydrogen-bond donors (Lipinski definition) is 1. The number of hydrogen-bond acceptors (Lipinski definition) is 2. The third-order valence-electron chi connectivity index (χ3n) is 3.21. The summed E-state index contributed by atoms with van der Waals surface area (Å²) in [6, 6.07) is 12.8. The van der Waals surface area contributed by atoms with Gasteiger partial charge in [-0.2, -0.15) is 0 Å². The molecule has 4 heteroatoms. The van der Waals surface area contributed by atoms with Gasteiger partial charge in [-0.15, -0.1) is 0 Å². The van der Waals surface area contributed by atoms with E-state index >= 15 is 0 Å². The van der Waals surface area contributed by atoms with Crippen molar-refractivity contribution in [3.63, 3.8) is 0 Å². The molecule has 0 fully saturated rings. The summed E-state index contributed by atoms with van der Waals surface area (Å²) < 4.78 is 14.0.